The smallest absolute Gasteiger partial charge is 0.350 e. The molecule has 4 nitrogen and oxygen atoms in total. The molecule has 0 saturated carbocycles. The van der Waals surface area contributed by atoms with Crippen LogP contribution < -0.4 is 5.73 Å². The molecule has 4 rings (SSSR count). The van der Waals surface area contributed by atoms with Gasteiger partial charge in [0.1, 0.15) is 9.71 Å². The number of hydrogen-bond donors (Lipinski definition) is 1. The Balaban J connectivity index is 1.98. The van der Waals surface area contributed by atoms with Gasteiger partial charge in [0, 0.05) is 10.9 Å². The highest BCUT2D eigenvalue weighted by atomic mass is 32.1. The number of carbonyl (C=O) groups is 1. The van der Waals surface area contributed by atoms with E-state index in [4.69, 9.17) is 15.5 Å². The first-order valence-electron chi connectivity index (χ1n) is 8.67. The third-order valence-electron chi connectivity index (χ3n) is 4.70. The second kappa shape index (κ2) is 6.48. The molecule has 0 fully saturated rings. The lowest BCUT2D eigenvalue weighted by molar-refractivity contribution is 0.0533. The summed E-state index contributed by atoms with van der Waals surface area (Å²) >= 11 is 1.34. The molecular weight excluding hydrogens is 332 g/mol. The van der Waals surface area contributed by atoms with Crippen LogP contribution in [0, 0.1) is 0 Å². The lowest BCUT2D eigenvalue weighted by atomic mass is 9.87. The first-order chi connectivity index (χ1) is 12.2. The average Bonchev–Trinajstić information content (AvgIpc) is 2.99. The van der Waals surface area contributed by atoms with Gasteiger partial charge in [-0.15, -0.1) is 11.3 Å². The molecule has 0 aliphatic heterocycles. The van der Waals surface area contributed by atoms with Gasteiger partial charge < -0.3 is 10.5 Å². The van der Waals surface area contributed by atoms with Crippen molar-refractivity contribution < 1.29 is 9.53 Å². The summed E-state index contributed by atoms with van der Waals surface area (Å²) in [5.41, 5.74) is 11.6. The number of thiophene rings is 1. The Kier molecular flexibility index (Phi) is 4.17. The summed E-state index contributed by atoms with van der Waals surface area (Å²) in [6.07, 6.45) is 4.29. The van der Waals surface area contributed by atoms with Crippen LogP contribution in [0.25, 0.3) is 21.5 Å². The van der Waals surface area contributed by atoms with Crippen molar-refractivity contribution in [2.24, 2.45) is 0 Å². The van der Waals surface area contributed by atoms with E-state index in [9.17, 15) is 4.79 Å². The van der Waals surface area contributed by atoms with Crippen LogP contribution in [0.1, 0.15) is 40.6 Å². The van der Waals surface area contributed by atoms with E-state index in [1.54, 1.807) is 6.92 Å². The number of rotatable bonds is 3. The number of pyridine rings is 1. The van der Waals surface area contributed by atoms with Crippen molar-refractivity contribution in [3.63, 3.8) is 0 Å². The Labute approximate surface area is 150 Å². The molecular formula is C20H20N2O2S. The summed E-state index contributed by atoms with van der Waals surface area (Å²) in [5, 5.41) is 0.961. The highest BCUT2D eigenvalue weighted by Gasteiger charge is 2.26. The Hall–Kier alpha value is -2.40. The third-order valence-corrected chi connectivity index (χ3v) is 5.78. The van der Waals surface area contributed by atoms with Crippen molar-refractivity contribution >= 4 is 33.2 Å². The van der Waals surface area contributed by atoms with Gasteiger partial charge in [-0.2, -0.15) is 0 Å². The highest BCUT2D eigenvalue weighted by Crippen LogP contribution is 2.42. The molecule has 0 atom stereocenters. The highest BCUT2D eigenvalue weighted by molar-refractivity contribution is 7.21. The second-order valence-corrected chi connectivity index (χ2v) is 7.24. The van der Waals surface area contributed by atoms with Crippen LogP contribution in [0.2, 0.25) is 0 Å². The summed E-state index contributed by atoms with van der Waals surface area (Å²) in [4.78, 5) is 18.5. The summed E-state index contributed by atoms with van der Waals surface area (Å²) in [7, 11) is 0. The molecule has 2 heterocycles. The Bertz CT molecular complexity index is 947. The minimum Gasteiger partial charge on any atom is -0.462 e. The summed E-state index contributed by atoms with van der Waals surface area (Å²) < 4.78 is 5.16. The molecule has 2 aromatic heterocycles. The molecule has 128 valence electrons. The average molecular weight is 352 g/mol. The number of esters is 1. The monoisotopic (exact) mass is 352 g/mol. The number of aromatic nitrogens is 1. The van der Waals surface area contributed by atoms with E-state index in [1.807, 2.05) is 18.2 Å². The zero-order valence-corrected chi connectivity index (χ0v) is 15.0. The van der Waals surface area contributed by atoms with Crippen molar-refractivity contribution in [2.45, 2.75) is 32.6 Å². The number of ether oxygens (including phenoxy) is 1. The maximum Gasteiger partial charge on any atom is 0.350 e. The number of anilines is 1. The van der Waals surface area contributed by atoms with Crippen LogP contribution in [-0.4, -0.2) is 17.6 Å². The summed E-state index contributed by atoms with van der Waals surface area (Å²) in [5.74, 6) is -0.353. The minimum absolute atomic E-state index is 0.341. The van der Waals surface area contributed by atoms with E-state index in [0.29, 0.717) is 17.2 Å². The molecule has 0 bridgehead atoms. The van der Waals surface area contributed by atoms with Crippen molar-refractivity contribution in [2.75, 3.05) is 12.3 Å². The van der Waals surface area contributed by atoms with Crippen molar-refractivity contribution in [1.29, 1.82) is 0 Å². The largest absolute Gasteiger partial charge is 0.462 e. The predicted molar refractivity (Wildman–Crippen MR) is 102 cm³/mol. The Morgan fingerprint density at radius 2 is 1.92 bits per heavy atom. The van der Waals surface area contributed by atoms with E-state index in [-0.39, 0.29) is 5.97 Å². The molecule has 0 radical (unpaired) electrons. The van der Waals surface area contributed by atoms with Gasteiger partial charge in [-0.25, -0.2) is 9.78 Å². The fraction of sp³-hybridized carbons (Fsp3) is 0.300. The van der Waals surface area contributed by atoms with Crippen LogP contribution in [0.5, 0.6) is 0 Å². The number of hydrogen-bond acceptors (Lipinski definition) is 5. The molecule has 25 heavy (non-hydrogen) atoms. The number of fused-ring (bicyclic) bond motifs is 3. The molecule has 5 heteroatoms. The van der Waals surface area contributed by atoms with Crippen molar-refractivity contribution in [3.05, 3.63) is 46.3 Å². The van der Waals surface area contributed by atoms with Gasteiger partial charge in [-0.05, 0) is 43.7 Å². The maximum absolute atomic E-state index is 12.2. The van der Waals surface area contributed by atoms with Gasteiger partial charge in [0.15, 0.2) is 0 Å². The Morgan fingerprint density at radius 3 is 2.64 bits per heavy atom. The standard InChI is InChI=1S/C20H20N2O2S/c1-2-24-20(23)18-16(21)15-13-10-6-7-11-14(13)17(22-19(15)25-18)12-8-4-3-5-9-12/h3-5,8-9H,2,6-7,10-11,21H2,1H3. The first kappa shape index (κ1) is 16.1. The minimum atomic E-state index is -0.353. The van der Waals surface area contributed by atoms with Gasteiger partial charge >= 0.3 is 5.97 Å². The molecule has 2 N–H and O–H groups in total. The quantitative estimate of drug-likeness (QED) is 0.700. The molecule has 1 aliphatic rings. The number of nitrogen functional groups attached to an aromatic ring is 1. The Morgan fingerprint density at radius 1 is 1.20 bits per heavy atom. The zero-order chi connectivity index (χ0) is 17.4. The SMILES string of the molecule is CCOC(=O)c1sc2nc(-c3ccccc3)c3c(c2c1N)CCCC3. The molecule has 0 spiro atoms. The normalized spacial score (nSPS) is 13.6. The molecule has 0 saturated heterocycles. The van der Waals surface area contributed by atoms with E-state index in [2.05, 4.69) is 12.1 Å². The molecule has 3 aromatic rings. The maximum atomic E-state index is 12.2. The van der Waals surface area contributed by atoms with Crippen molar-refractivity contribution in [1.82, 2.24) is 4.98 Å². The number of nitrogens with two attached hydrogens (primary N) is 1. The topological polar surface area (TPSA) is 65.2 Å². The fourth-order valence-electron chi connectivity index (χ4n) is 3.60. The van der Waals surface area contributed by atoms with Gasteiger partial charge in [0.05, 0.1) is 18.0 Å². The predicted octanol–water partition coefficient (Wildman–Crippen LogP) is 4.60. The van der Waals surface area contributed by atoms with Gasteiger partial charge in [0.25, 0.3) is 0 Å². The fourth-order valence-corrected chi connectivity index (χ4v) is 4.62. The van der Waals surface area contributed by atoms with Gasteiger partial charge in [-0.3, -0.25) is 0 Å². The molecule has 1 aromatic carbocycles. The van der Waals surface area contributed by atoms with Crippen LogP contribution in [0.3, 0.4) is 0 Å². The second-order valence-electron chi connectivity index (χ2n) is 6.24. The van der Waals surface area contributed by atoms with Crippen LogP contribution in [-0.2, 0) is 17.6 Å². The molecule has 0 unspecified atom stereocenters. The lowest BCUT2D eigenvalue weighted by Gasteiger charge is -2.20. The lowest BCUT2D eigenvalue weighted by Crippen LogP contribution is -2.08. The summed E-state index contributed by atoms with van der Waals surface area (Å²) in [6.45, 7) is 2.14. The van der Waals surface area contributed by atoms with Crippen LogP contribution in [0.15, 0.2) is 30.3 Å². The van der Waals surface area contributed by atoms with Crippen LogP contribution >= 0.6 is 11.3 Å². The van der Waals surface area contributed by atoms with Crippen molar-refractivity contribution in [3.8, 4) is 11.3 Å². The zero-order valence-electron chi connectivity index (χ0n) is 14.2. The van der Waals surface area contributed by atoms with E-state index in [1.165, 1.54) is 22.5 Å². The van der Waals surface area contributed by atoms with Crippen LogP contribution in [0.4, 0.5) is 5.69 Å². The number of aryl methyl sites for hydroxylation is 1. The number of nitrogens with zero attached hydrogens (tertiary/aromatic N) is 1. The van der Waals surface area contributed by atoms with E-state index < -0.39 is 0 Å². The molecule has 0 amide bonds. The third kappa shape index (κ3) is 2.68. The molecule has 1 aliphatic carbocycles. The van der Waals surface area contributed by atoms with Gasteiger partial charge in [0.2, 0.25) is 0 Å². The van der Waals surface area contributed by atoms with E-state index in [0.717, 1.165) is 47.2 Å². The van der Waals surface area contributed by atoms with Gasteiger partial charge in [-0.1, -0.05) is 30.3 Å². The first-order valence-corrected chi connectivity index (χ1v) is 9.48. The number of benzene rings is 1. The summed E-state index contributed by atoms with van der Waals surface area (Å²) in [6, 6.07) is 10.3. The van der Waals surface area contributed by atoms with E-state index >= 15 is 0 Å². The number of carbonyl (C=O) groups excluding carboxylic acids is 1.